The highest BCUT2D eigenvalue weighted by atomic mass is 32.2. The van der Waals surface area contributed by atoms with Crippen molar-refractivity contribution < 1.29 is 4.79 Å². The van der Waals surface area contributed by atoms with E-state index in [0.29, 0.717) is 0 Å². The fraction of sp³-hybridized carbons (Fsp3) is 0.467. The van der Waals surface area contributed by atoms with Crippen LogP contribution in [0.15, 0.2) is 29.4 Å². The summed E-state index contributed by atoms with van der Waals surface area (Å²) in [6.07, 6.45) is 4.42. The zero-order valence-corrected chi connectivity index (χ0v) is 11.9. The molecule has 1 saturated carbocycles. The van der Waals surface area contributed by atoms with Crippen LogP contribution in [0.3, 0.4) is 0 Å². The van der Waals surface area contributed by atoms with E-state index in [9.17, 15) is 4.79 Å². The number of rotatable bonds is 3. The van der Waals surface area contributed by atoms with Gasteiger partial charge in [0.05, 0.1) is 11.0 Å². The predicted octanol–water partition coefficient (Wildman–Crippen LogP) is 3.98. The Morgan fingerprint density at radius 3 is 2.84 bits per heavy atom. The van der Waals surface area contributed by atoms with E-state index >= 15 is 0 Å². The first kappa shape index (κ1) is 12.7. The molecule has 1 aromatic carbocycles. The lowest BCUT2D eigenvalue weighted by Gasteiger charge is -2.11. The second-order valence-corrected chi connectivity index (χ2v) is 6.20. The van der Waals surface area contributed by atoms with Crippen LogP contribution in [0.2, 0.25) is 0 Å². The molecule has 0 aliphatic heterocycles. The number of thioether (sulfide) groups is 1. The summed E-state index contributed by atoms with van der Waals surface area (Å²) in [7, 11) is 0. The molecule has 3 rings (SSSR count). The Labute approximate surface area is 117 Å². The van der Waals surface area contributed by atoms with Gasteiger partial charge in [0.15, 0.2) is 5.16 Å². The number of carbonyl (C=O) groups excluding carboxylic acids is 1. The van der Waals surface area contributed by atoms with Crippen LogP contribution < -0.4 is 0 Å². The van der Waals surface area contributed by atoms with Crippen molar-refractivity contribution in [2.45, 2.75) is 37.8 Å². The average molecular weight is 274 g/mol. The monoisotopic (exact) mass is 274 g/mol. The lowest BCUT2D eigenvalue weighted by Crippen LogP contribution is -2.20. The largest absolute Gasteiger partial charge is 0.274 e. The summed E-state index contributed by atoms with van der Waals surface area (Å²) < 4.78 is 1.85. The van der Waals surface area contributed by atoms with Gasteiger partial charge in [0, 0.05) is 5.92 Å². The van der Waals surface area contributed by atoms with Gasteiger partial charge in [-0.25, -0.2) is 4.98 Å². The van der Waals surface area contributed by atoms with E-state index in [2.05, 4.69) is 11.9 Å². The topological polar surface area (TPSA) is 34.9 Å². The molecule has 2 aromatic rings. The number of benzene rings is 1. The zero-order chi connectivity index (χ0) is 13.2. The summed E-state index contributed by atoms with van der Waals surface area (Å²) in [6, 6.07) is 7.92. The van der Waals surface area contributed by atoms with Gasteiger partial charge in [0.25, 0.3) is 0 Å². The summed E-state index contributed by atoms with van der Waals surface area (Å²) in [5.41, 5.74) is 1.88. The predicted molar refractivity (Wildman–Crippen MR) is 78.7 cm³/mol. The number of fused-ring (bicyclic) bond motifs is 1. The van der Waals surface area contributed by atoms with Gasteiger partial charge in [0.1, 0.15) is 0 Å². The van der Waals surface area contributed by atoms with Gasteiger partial charge >= 0.3 is 0 Å². The molecular formula is C15H18N2OS. The molecule has 1 heterocycles. The Kier molecular flexibility index (Phi) is 3.60. The zero-order valence-electron chi connectivity index (χ0n) is 11.1. The number of hydrogen-bond donors (Lipinski definition) is 0. The molecule has 0 spiro atoms. The van der Waals surface area contributed by atoms with Crippen molar-refractivity contribution in [2.75, 3.05) is 5.75 Å². The van der Waals surface area contributed by atoms with Gasteiger partial charge in [-0.15, -0.1) is 0 Å². The lowest BCUT2D eigenvalue weighted by atomic mass is 10.1. The maximum Gasteiger partial charge on any atom is 0.236 e. The van der Waals surface area contributed by atoms with Crippen LogP contribution in [0.25, 0.3) is 11.0 Å². The van der Waals surface area contributed by atoms with Crippen molar-refractivity contribution in [2.24, 2.45) is 5.92 Å². The van der Waals surface area contributed by atoms with E-state index in [0.717, 1.165) is 34.8 Å². The fourth-order valence-corrected chi connectivity index (χ4v) is 3.54. The Bertz CT molecular complexity index is 599. The van der Waals surface area contributed by atoms with Crippen molar-refractivity contribution in [3.05, 3.63) is 24.3 Å². The average Bonchev–Trinajstić information content (AvgIpc) is 3.06. The van der Waals surface area contributed by atoms with Crippen molar-refractivity contribution in [1.82, 2.24) is 9.55 Å². The Balaban J connectivity index is 2.08. The molecule has 0 radical (unpaired) electrons. The molecule has 19 heavy (non-hydrogen) atoms. The highest BCUT2D eigenvalue weighted by Crippen LogP contribution is 2.30. The first-order chi connectivity index (χ1) is 9.31. The van der Waals surface area contributed by atoms with E-state index in [1.165, 1.54) is 12.8 Å². The van der Waals surface area contributed by atoms with Crippen molar-refractivity contribution in [3.63, 3.8) is 0 Å². The SMILES string of the molecule is CCSc1nc2ccccc2n1C(=O)C1CCCC1. The van der Waals surface area contributed by atoms with Crippen LogP contribution in [0.4, 0.5) is 0 Å². The molecule has 0 unspecified atom stereocenters. The van der Waals surface area contributed by atoms with Gasteiger partial charge in [-0.3, -0.25) is 9.36 Å². The van der Waals surface area contributed by atoms with Crippen LogP contribution >= 0.6 is 11.8 Å². The minimum Gasteiger partial charge on any atom is -0.274 e. The van der Waals surface area contributed by atoms with Gasteiger partial charge in [-0.05, 0) is 30.7 Å². The van der Waals surface area contributed by atoms with Crippen LogP contribution in [-0.4, -0.2) is 21.2 Å². The van der Waals surface area contributed by atoms with E-state index in [1.807, 2.05) is 28.8 Å². The molecule has 0 N–H and O–H groups in total. The summed E-state index contributed by atoms with van der Waals surface area (Å²) in [6.45, 7) is 2.09. The quantitative estimate of drug-likeness (QED) is 0.794. The highest BCUT2D eigenvalue weighted by molar-refractivity contribution is 7.99. The van der Waals surface area contributed by atoms with Crippen LogP contribution in [0, 0.1) is 5.92 Å². The van der Waals surface area contributed by atoms with Gasteiger partial charge in [-0.2, -0.15) is 0 Å². The first-order valence-electron chi connectivity index (χ1n) is 6.95. The normalized spacial score (nSPS) is 16.3. The molecule has 4 heteroatoms. The van der Waals surface area contributed by atoms with E-state index in [1.54, 1.807) is 11.8 Å². The van der Waals surface area contributed by atoms with E-state index in [4.69, 9.17) is 0 Å². The van der Waals surface area contributed by atoms with E-state index in [-0.39, 0.29) is 11.8 Å². The number of nitrogens with zero attached hydrogens (tertiary/aromatic N) is 2. The van der Waals surface area contributed by atoms with Crippen molar-refractivity contribution in [1.29, 1.82) is 0 Å². The Morgan fingerprint density at radius 1 is 1.37 bits per heavy atom. The molecule has 1 aliphatic carbocycles. The number of para-hydroxylation sites is 2. The minimum atomic E-state index is 0.189. The third-order valence-electron chi connectivity index (χ3n) is 3.73. The Hall–Kier alpha value is -1.29. The third kappa shape index (κ3) is 2.29. The smallest absolute Gasteiger partial charge is 0.236 e. The molecule has 0 atom stereocenters. The summed E-state index contributed by atoms with van der Waals surface area (Å²) >= 11 is 1.65. The lowest BCUT2D eigenvalue weighted by molar-refractivity contribution is 0.0831. The molecule has 1 aliphatic rings. The van der Waals surface area contributed by atoms with Crippen LogP contribution in [-0.2, 0) is 0 Å². The molecule has 1 fully saturated rings. The fourth-order valence-electron chi connectivity index (χ4n) is 2.80. The standard InChI is InChI=1S/C15H18N2OS/c1-2-19-15-16-12-9-5-6-10-13(12)17(15)14(18)11-7-3-4-8-11/h5-6,9-11H,2-4,7-8H2,1H3. The van der Waals surface area contributed by atoms with Gasteiger partial charge in [-0.1, -0.05) is 43.7 Å². The third-order valence-corrected chi connectivity index (χ3v) is 4.55. The number of carbonyl (C=O) groups is 1. The van der Waals surface area contributed by atoms with E-state index < -0.39 is 0 Å². The van der Waals surface area contributed by atoms with Crippen molar-refractivity contribution >= 4 is 28.7 Å². The minimum absolute atomic E-state index is 0.189. The molecule has 3 nitrogen and oxygen atoms in total. The molecule has 0 saturated heterocycles. The first-order valence-corrected chi connectivity index (χ1v) is 7.94. The number of imidazole rings is 1. The Morgan fingerprint density at radius 2 is 2.11 bits per heavy atom. The van der Waals surface area contributed by atoms with Crippen LogP contribution in [0.1, 0.15) is 37.4 Å². The molecule has 1 aromatic heterocycles. The molecule has 100 valence electrons. The molecular weight excluding hydrogens is 256 g/mol. The van der Waals surface area contributed by atoms with Crippen molar-refractivity contribution in [3.8, 4) is 0 Å². The maximum atomic E-state index is 12.7. The van der Waals surface area contributed by atoms with Crippen LogP contribution in [0.5, 0.6) is 0 Å². The number of hydrogen-bond acceptors (Lipinski definition) is 3. The molecule has 0 amide bonds. The van der Waals surface area contributed by atoms with Gasteiger partial charge in [0.2, 0.25) is 5.91 Å². The summed E-state index contributed by atoms with van der Waals surface area (Å²) in [5, 5.41) is 0.848. The maximum absolute atomic E-state index is 12.7. The van der Waals surface area contributed by atoms with Gasteiger partial charge < -0.3 is 0 Å². The summed E-state index contributed by atoms with van der Waals surface area (Å²) in [4.78, 5) is 17.3. The number of aromatic nitrogens is 2. The second-order valence-electron chi connectivity index (χ2n) is 4.97. The summed E-state index contributed by atoms with van der Waals surface area (Å²) in [5.74, 6) is 1.36. The highest BCUT2D eigenvalue weighted by Gasteiger charge is 2.27. The second kappa shape index (κ2) is 5.37. The molecule has 0 bridgehead atoms.